The van der Waals surface area contributed by atoms with E-state index >= 15 is 0 Å². The summed E-state index contributed by atoms with van der Waals surface area (Å²) in [5.41, 5.74) is 1.01. The highest BCUT2D eigenvalue weighted by Gasteiger charge is 2.15. The maximum atomic E-state index is 10.9. The van der Waals surface area contributed by atoms with Crippen LogP contribution in [0.25, 0.3) is 0 Å². The molecule has 1 N–H and O–H groups in total. The van der Waals surface area contributed by atoms with Gasteiger partial charge in [0, 0.05) is 13.1 Å². The average Bonchev–Trinajstić information content (AvgIpc) is 2.29. The smallest absolute Gasteiger partial charge is 0.306 e. The zero-order chi connectivity index (χ0) is 12.3. The molecule has 0 spiro atoms. The molecule has 1 fully saturated rings. The monoisotopic (exact) mass is 257 g/mol. The molecule has 94 valence electrons. The molecule has 17 heavy (non-hydrogen) atoms. The van der Waals surface area contributed by atoms with Gasteiger partial charge in [-0.3, -0.25) is 0 Å². The minimum atomic E-state index is -3.46. The first-order chi connectivity index (χ1) is 8.04. The van der Waals surface area contributed by atoms with Gasteiger partial charge in [-0.25, -0.2) is 0 Å². The average molecular weight is 257 g/mol. The van der Waals surface area contributed by atoms with Gasteiger partial charge in [0.15, 0.2) is 0 Å². The van der Waals surface area contributed by atoms with Crippen LogP contribution in [-0.2, 0) is 14.9 Å². The van der Waals surface area contributed by atoms with Crippen molar-refractivity contribution in [2.24, 2.45) is 0 Å². The van der Waals surface area contributed by atoms with Crippen LogP contribution in [0, 0.1) is 0 Å². The number of rotatable bonds is 3. The van der Waals surface area contributed by atoms with E-state index in [0.29, 0.717) is 12.4 Å². The van der Waals surface area contributed by atoms with Gasteiger partial charge in [0.2, 0.25) is 0 Å². The van der Waals surface area contributed by atoms with Crippen molar-refractivity contribution in [1.82, 2.24) is 5.32 Å². The molecule has 1 aromatic carbocycles. The highest BCUT2D eigenvalue weighted by molar-refractivity contribution is 7.86. The predicted molar refractivity (Wildman–Crippen MR) is 63.5 cm³/mol. The summed E-state index contributed by atoms with van der Waals surface area (Å²) in [7, 11) is -3.46. The minimum absolute atomic E-state index is 0.0241. The van der Waals surface area contributed by atoms with Gasteiger partial charge in [-0.15, -0.1) is 0 Å². The Labute approximate surface area is 101 Å². The molecule has 0 aliphatic carbocycles. The molecule has 1 unspecified atom stereocenters. The molecule has 1 saturated heterocycles. The van der Waals surface area contributed by atoms with Gasteiger partial charge in [0.05, 0.1) is 19.0 Å². The Bertz CT molecular complexity index is 463. The molecule has 6 heteroatoms. The summed E-state index contributed by atoms with van der Waals surface area (Å²) in [6, 6.07) is 6.90. The van der Waals surface area contributed by atoms with E-state index in [0.717, 1.165) is 24.9 Å². The largest absolute Gasteiger partial charge is 0.383 e. The van der Waals surface area contributed by atoms with Crippen LogP contribution in [-0.4, -0.2) is 34.4 Å². The summed E-state index contributed by atoms with van der Waals surface area (Å²) in [5, 5.41) is 3.23. The molecule has 0 bridgehead atoms. The third-order valence-corrected chi connectivity index (χ3v) is 2.92. The molecule has 1 aromatic rings. The summed E-state index contributed by atoms with van der Waals surface area (Å²) in [4.78, 5) is 0. The van der Waals surface area contributed by atoms with Crippen molar-refractivity contribution in [1.29, 1.82) is 0 Å². The fourth-order valence-electron chi connectivity index (χ4n) is 1.69. The molecule has 0 aromatic heterocycles. The zero-order valence-corrected chi connectivity index (χ0v) is 10.4. The van der Waals surface area contributed by atoms with Gasteiger partial charge < -0.3 is 14.2 Å². The summed E-state index contributed by atoms with van der Waals surface area (Å²) < 4.78 is 32.2. The van der Waals surface area contributed by atoms with E-state index in [2.05, 4.69) is 5.32 Å². The fourth-order valence-corrected chi connectivity index (χ4v) is 2.15. The number of morpholine rings is 1. The van der Waals surface area contributed by atoms with Crippen LogP contribution in [0.3, 0.4) is 0 Å². The van der Waals surface area contributed by atoms with Crippen LogP contribution in [0.4, 0.5) is 0 Å². The first-order valence-corrected chi connectivity index (χ1v) is 7.18. The summed E-state index contributed by atoms with van der Waals surface area (Å²) in [6.45, 7) is 2.32. The maximum Gasteiger partial charge on any atom is 0.306 e. The Morgan fingerprint density at radius 3 is 2.59 bits per heavy atom. The first-order valence-electron chi connectivity index (χ1n) is 5.36. The van der Waals surface area contributed by atoms with E-state index in [9.17, 15) is 8.42 Å². The van der Waals surface area contributed by atoms with Crippen LogP contribution in [0.2, 0.25) is 0 Å². The fraction of sp³-hybridized carbons (Fsp3) is 0.455. The van der Waals surface area contributed by atoms with E-state index in [4.69, 9.17) is 8.92 Å². The molecule has 1 aliphatic heterocycles. The summed E-state index contributed by atoms with van der Waals surface area (Å²) in [5.74, 6) is 0.319. The first kappa shape index (κ1) is 12.3. The van der Waals surface area contributed by atoms with Crippen molar-refractivity contribution in [3.63, 3.8) is 0 Å². The Kier molecular flexibility index (Phi) is 3.66. The lowest BCUT2D eigenvalue weighted by Gasteiger charge is -2.23. The Balaban J connectivity index is 2.07. The number of benzene rings is 1. The molecule has 0 amide bonds. The second-order valence-electron chi connectivity index (χ2n) is 3.92. The van der Waals surface area contributed by atoms with E-state index in [1.807, 2.05) is 12.1 Å². The Morgan fingerprint density at radius 2 is 2.06 bits per heavy atom. The summed E-state index contributed by atoms with van der Waals surface area (Å²) >= 11 is 0. The molecule has 1 heterocycles. The molecule has 1 atom stereocenters. The minimum Gasteiger partial charge on any atom is -0.383 e. The van der Waals surface area contributed by atoms with Crippen molar-refractivity contribution in [3.8, 4) is 5.75 Å². The topological polar surface area (TPSA) is 64.6 Å². The van der Waals surface area contributed by atoms with E-state index in [1.165, 1.54) is 0 Å². The van der Waals surface area contributed by atoms with Gasteiger partial charge in [-0.1, -0.05) is 12.1 Å². The van der Waals surface area contributed by atoms with Gasteiger partial charge in [0.1, 0.15) is 5.75 Å². The van der Waals surface area contributed by atoms with Gasteiger partial charge in [0.25, 0.3) is 0 Å². The quantitative estimate of drug-likeness (QED) is 0.807. The van der Waals surface area contributed by atoms with Crippen molar-refractivity contribution < 1.29 is 17.3 Å². The highest BCUT2D eigenvalue weighted by Crippen LogP contribution is 2.22. The van der Waals surface area contributed by atoms with Crippen LogP contribution in [0.15, 0.2) is 24.3 Å². The van der Waals surface area contributed by atoms with Crippen LogP contribution >= 0.6 is 0 Å². The van der Waals surface area contributed by atoms with Crippen molar-refractivity contribution >= 4 is 10.1 Å². The molecule has 1 aliphatic rings. The van der Waals surface area contributed by atoms with E-state index in [1.54, 1.807) is 12.1 Å². The number of hydrogen-bond acceptors (Lipinski definition) is 5. The number of hydrogen-bond donors (Lipinski definition) is 1. The van der Waals surface area contributed by atoms with E-state index < -0.39 is 10.1 Å². The van der Waals surface area contributed by atoms with Crippen molar-refractivity contribution in [2.75, 3.05) is 26.0 Å². The second-order valence-corrected chi connectivity index (χ2v) is 5.49. The van der Waals surface area contributed by atoms with Crippen molar-refractivity contribution in [3.05, 3.63) is 29.8 Å². The molecule has 0 saturated carbocycles. The van der Waals surface area contributed by atoms with Crippen LogP contribution in [0.1, 0.15) is 11.7 Å². The van der Waals surface area contributed by atoms with Gasteiger partial charge >= 0.3 is 10.1 Å². The second kappa shape index (κ2) is 5.03. The van der Waals surface area contributed by atoms with Gasteiger partial charge in [-0.2, -0.15) is 8.42 Å². The standard InChI is InChI=1S/C11H15NO4S/c1-17(13,14)16-10-4-2-9(3-5-10)11-8-12-6-7-15-11/h2-5,11-12H,6-8H2,1H3. The number of nitrogens with one attached hydrogen (secondary N) is 1. The normalized spacial score (nSPS) is 21.1. The van der Waals surface area contributed by atoms with Crippen LogP contribution in [0.5, 0.6) is 5.75 Å². The molecule has 2 rings (SSSR count). The lowest BCUT2D eigenvalue weighted by Crippen LogP contribution is -2.33. The lowest BCUT2D eigenvalue weighted by atomic mass is 10.1. The molecule has 0 radical (unpaired) electrons. The Hall–Kier alpha value is -1.11. The highest BCUT2D eigenvalue weighted by atomic mass is 32.2. The third kappa shape index (κ3) is 3.69. The zero-order valence-electron chi connectivity index (χ0n) is 9.55. The summed E-state index contributed by atoms with van der Waals surface area (Å²) in [6.07, 6.45) is 1.05. The Morgan fingerprint density at radius 1 is 1.35 bits per heavy atom. The maximum absolute atomic E-state index is 10.9. The van der Waals surface area contributed by atoms with Crippen LogP contribution < -0.4 is 9.50 Å². The molecular formula is C11H15NO4S. The SMILES string of the molecule is CS(=O)(=O)Oc1ccc(C2CNCCO2)cc1. The third-order valence-electron chi connectivity index (χ3n) is 2.43. The number of ether oxygens (including phenoxy) is 1. The molecule has 5 nitrogen and oxygen atoms in total. The van der Waals surface area contributed by atoms with Crippen molar-refractivity contribution in [2.45, 2.75) is 6.10 Å². The van der Waals surface area contributed by atoms with E-state index in [-0.39, 0.29) is 6.10 Å². The predicted octanol–water partition coefficient (Wildman–Crippen LogP) is 0.686. The molecular weight excluding hydrogens is 242 g/mol. The lowest BCUT2D eigenvalue weighted by molar-refractivity contribution is 0.0277. The van der Waals surface area contributed by atoms with Gasteiger partial charge in [-0.05, 0) is 17.7 Å².